The van der Waals surface area contributed by atoms with Crippen molar-refractivity contribution in [3.8, 4) is 0 Å². The molecule has 1 aliphatic heterocycles. The molecular formula is C17H29IN4. The summed E-state index contributed by atoms with van der Waals surface area (Å²) < 4.78 is 0. The Morgan fingerprint density at radius 1 is 1.23 bits per heavy atom. The van der Waals surface area contributed by atoms with E-state index in [1.807, 2.05) is 7.05 Å². The summed E-state index contributed by atoms with van der Waals surface area (Å²) in [6, 6.07) is 11.3. The number of aliphatic imine (C=N–C) groups is 1. The van der Waals surface area contributed by atoms with Crippen LogP contribution in [-0.4, -0.2) is 43.6 Å². The fraction of sp³-hybridized carbons (Fsp3) is 0.588. The Kier molecular flexibility index (Phi) is 9.47. The molecule has 0 bridgehead atoms. The van der Waals surface area contributed by atoms with E-state index in [4.69, 9.17) is 0 Å². The number of rotatable bonds is 5. The maximum atomic E-state index is 4.29. The minimum atomic E-state index is 0. The molecule has 0 aliphatic carbocycles. The Bertz CT molecular complexity index is 428. The van der Waals surface area contributed by atoms with Crippen molar-refractivity contribution in [2.75, 3.05) is 26.7 Å². The van der Waals surface area contributed by atoms with E-state index in [-0.39, 0.29) is 24.0 Å². The zero-order chi connectivity index (χ0) is 14.9. The summed E-state index contributed by atoms with van der Waals surface area (Å²) in [4.78, 5) is 6.82. The molecule has 2 rings (SSSR count). The van der Waals surface area contributed by atoms with Crippen LogP contribution in [0.2, 0.25) is 0 Å². The molecule has 0 aromatic heterocycles. The van der Waals surface area contributed by atoms with E-state index < -0.39 is 0 Å². The SMILES string of the molecule is CCCNC(=NC)NC1CCN(Cc2ccccc2)CC1.I. The van der Waals surface area contributed by atoms with Crippen molar-refractivity contribution in [2.45, 2.75) is 38.8 Å². The number of likely N-dealkylation sites (tertiary alicyclic amines) is 1. The average Bonchev–Trinajstić information content (AvgIpc) is 2.54. The first-order valence-corrected chi connectivity index (χ1v) is 8.05. The van der Waals surface area contributed by atoms with Crippen LogP contribution in [0, 0.1) is 0 Å². The van der Waals surface area contributed by atoms with E-state index in [1.165, 1.54) is 18.4 Å². The van der Waals surface area contributed by atoms with E-state index in [0.29, 0.717) is 6.04 Å². The Hall–Kier alpha value is -0.820. The first-order chi connectivity index (χ1) is 10.3. The van der Waals surface area contributed by atoms with Gasteiger partial charge in [0.15, 0.2) is 5.96 Å². The lowest BCUT2D eigenvalue weighted by Gasteiger charge is -2.33. The molecule has 0 spiro atoms. The summed E-state index contributed by atoms with van der Waals surface area (Å²) in [7, 11) is 1.84. The smallest absolute Gasteiger partial charge is 0.191 e. The second-order valence-electron chi connectivity index (χ2n) is 5.68. The molecule has 22 heavy (non-hydrogen) atoms. The third kappa shape index (κ3) is 6.52. The van der Waals surface area contributed by atoms with Gasteiger partial charge >= 0.3 is 0 Å². The molecule has 1 fully saturated rings. The summed E-state index contributed by atoms with van der Waals surface area (Å²) in [6.45, 7) is 6.51. The van der Waals surface area contributed by atoms with Gasteiger partial charge < -0.3 is 10.6 Å². The van der Waals surface area contributed by atoms with Crippen molar-refractivity contribution in [2.24, 2.45) is 4.99 Å². The van der Waals surface area contributed by atoms with Gasteiger partial charge in [-0.25, -0.2) is 0 Å². The van der Waals surface area contributed by atoms with Crippen molar-refractivity contribution >= 4 is 29.9 Å². The van der Waals surface area contributed by atoms with E-state index in [2.05, 4.69) is 57.8 Å². The lowest BCUT2D eigenvalue weighted by molar-refractivity contribution is 0.198. The van der Waals surface area contributed by atoms with Gasteiger partial charge in [0.2, 0.25) is 0 Å². The van der Waals surface area contributed by atoms with Crippen LogP contribution >= 0.6 is 24.0 Å². The molecule has 1 aliphatic rings. The molecule has 5 heteroatoms. The molecule has 2 N–H and O–H groups in total. The van der Waals surface area contributed by atoms with Gasteiger partial charge in [-0.15, -0.1) is 24.0 Å². The highest BCUT2D eigenvalue weighted by Crippen LogP contribution is 2.13. The van der Waals surface area contributed by atoms with Crippen molar-refractivity contribution < 1.29 is 0 Å². The molecule has 1 aromatic carbocycles. The number of hydrogen-bond acceptors (Lipinski definition) is 2. The summed E-state index contributed by atoms with van der Waals surface area (Å²) in [5, 5.41) is 6.88. The average molecular weight is 416 g/mol. The Balaban J connectivity index is 0.00000242. The third-order valence-corrected chi connectivity index (χ3v) is 3.94. The Morgan fingerprint density at radius 3 is 2.50 bits per heavy atom. The number of piperidine rings is 1. The normalized spacial score (nSPS) is 16.9. The van der Waals surface area contributed by atoms with E-state index in [0.717, 1.165) is 38.6 Å². The van der Waals surface area contributed by atoms with Crippen LogP contribution in [0.1, 0.15) is 31.7 Å². The summed E-state index contributed by atoms with van der Waals surface area (Å²) in [5.74, 6) is 0.943. The predicted octanol–water partition coefficient (Wildman–Crippen LogP) is 2.84. The molecule has 1 aromatic rings. The molecule has 0 saturated carbocycles. The van der Waals surface area contributed by atoms with Crippen molar-refractivity contribution in [1.82, 2.24) is 15.5 Å². The second-order valence-corrected chi connectivity index (χ2v) is 5.68. The number of nitrogens with zero attached hydrogens (tertiary/aromatic N) is 2. The van der Waals surface area contributed by atoms with Crippen LogP contribution in [0.5, 0.6) is 0 Å². The van der Waals surface area contributed by atoms with Crippen molar-refractivity contribution in [3.63, 3.8) is 0 Å². The molecular weight excluding hydrogens is 387 g/mol. The van der Waals surface area contributed by atoms with Crippen LogP contribution in [0.4, 0.5) is 0 Å². The molecule has 124 valence electrons. The fourth-order valence-electron chi connectivity index (χ4n) is 2.71. The molecule has 1 saturated heterocycles. The quantitative estimate of drug-likeness (QED) is 0.441. The monoisotopic (exact) mass is 416 g/mol. The first kappa shape index (κ1) is 19.2. The molecule has 0 unspecified atom stereocenters. The highest BCUT2D eigenvalue weighted by molar-refractivity contribution is 14.0. The van der Waals surface area contributed by atoms with Crippen LogP contribution in [-0.2, 0) is 6.54 Å². The van der Waals surface area contributed by atoms with Crippen LogP contribution in [0.25, 0.3) is 0 Å². The highest BCUT2D eigenvalue weighted by atomic mass is 127. The summed E-state index contributed by atoms with van der Waals surface area (Å²) in [6.07, 6.45) is 3.48. The molecule has 0 amide bonds. The number of benzene rings is 1. The van der Waals surface area contributed by atoms with E-state index in [1.54, 1.807) is 0 Å². The number of guanidine groups is 1. The Morgan fingerprint density at radius 2 is 1.91 bits per heavy atom. The first-order valence-electron chi connectivity index (χ1n) is 8.05. The topological polar surface area (TPSA) is 39.7 Å². The minimum Gasteiger partial charge on any atom is -0.356 e. The highest BCUT2D eigenvalue weighted by Gasteiger charge is 2.19. The summed E-state index contributed by atoms with van der Waals surface area (Å²) >= 11 is 0. The Labute approximate surface area is 151 Å². The van der Waals surface area contributed by atoms with Gasteiger partial charge in [-0.2, -0.15) is 0 Å². The second kappa shape index (κ2) is 10.8. The maximum Gasteiger partial charge on any atom is 0.191 e. The van der Waals surface area contributed by atoms with E-state index >= 15 is 0 Å². The van der Waals surface area contributed by atoms with Crippen molar-refractivity contribution in [1.29, 1.82) is 0 Å². The zero-order valence-corrected chi connectivity index (χ0v) is 16.0. The number of halogens is 1. The van der Waals surface area contributed by atoms with Gasteiger partial charge in [0, 0.05) is 39.3 Å². The summed E-state index contributed by atoms with van der Waals surface area (Å²) in [5.41, 5.74) is 1.41. The van der Waals surface area contributed by atoms with Gasteiger partial charge in [0.25, 0.3) is 0 Å². The van der Waals surface area contributed by atoms with Crippen LogP contribution in [0.15, 0.2) is 35.3 Å². The number of hydrogen-bond donors (Lipinski definition) is 2. The molecule has 4 nitrogen and oxygen atoms in total. The van der Waals surface area contributed by atoms with Gasteiger partial charge in [-0.05, 0) is 24.8 Å². The van der Waals surface area contributed by atoms with Crippen LogP contribution < -0.4 is 10.6 Å². The standard InChI is InChI=1S/C17H28N4.HI/c1-3-11-19-17(18-2)20-16-9-12-21(13-10-16)14-15-7-5-4-6-8-15;/h4-8,16H,3,9-14H2,1-2H3,(H2,18,19,20);1H. The van der Waals surface area contributed by atoms with Gasteiger partial charge in [-0.3, -0.25) is 9.89 Å². The molecule has 0 atom stereocenters. The molecule has 0 radical (unpaired) electrons. The third-order valence-electron chi connectivity index (χ3n) is 3.94. The zero-order valence-electron chi connectivity index (χ0n) is 13.7. The largest absolute Gasteiger partial charge is 0.356 e. The predicted molar refractivity (Wildman–Crippen MR) is 105 cm³/mol. The van der Waals surface area contributed by atoms with Gasteiger partial charge in [0.1, 0.15) is 0 Å². The molecule has 1 heterocycles. The maximum absolute atomic E-state index is 4.29. The minimum absolute atomic E-state index is 0. The van der Waals surface area contributed by atoms with Crippen molar-refractivity contribution in [3.05, 3.63) is 35.9 Å². The van der Waals surface area contributed by atoms with E-state index in [9.17, 15) is 0 Å². The number of nitrogens with one attached hydrogen (secondary N) is 2. The van der Waals surface area contributed by atoms with Gasteiger partial charge in [-0.1, -0.05) is 37.3 Å². The lowest BCUT2D eigenvalue weighted by atomic mass is 10.0. The lowest BCUT2D eigenvalue weighted by Crippen LogP contribution is -2.48. The fourth-order valence-corrected chi connectivity index (χ4v) is 2.71. The van der Waals surface area contributed by atoms with Crippen LogP contribution in [0.3, 0.4) is 0 Å². The van der Waals surface area contributed by atoms with Gasteiger partial charge in [0.05, 0.1) is 0 Å².